The van der Waals surface area contributed by atoms with Crippen LogP contribution in [0.2, 0.25) is 10.0 Å². The van der Waals surface area contributed by atoms with Crippen molar-refractivity contribution in [3.8, 4) is 0 Å². The highest BCUT2D eigenvalue weighted by Gasteiger charge is 2.13. The molecule has 106 valence electrons. The normalized spacial score (nSPS) is 14.0. The van der Waals surface area contributed by atoms with Gasteiger partial charge in [0.15, 0.2) is 0 Å². The van der Waals surface area contributed by atoms with Gasteiger partial charge in [0.05, 0.1) is 6.10 Å². The number of halogens is 2. The third-order valence-corrected chi connectivity index (χ3v) is 3.71. The van der Waals surface area contributed by atoms with E-state index in [-0.39, 0.29) is 6.04 Å². The number of hydrogen-bond acceptors (Lipinski definition) is 3. The van der Waals surface area contributed by atoms with E-state index in [9.17, 15) is 5.11 Å². The van der Waals surface area contributed by atoms with Gasteiger partial charge in [-0.25, -0.2) is 0 Å². The average molecular weight is 311 g/mol. The summed E-state index contributed by atoms with van der Waals surface area (Å²) in [5, 5.41) is 14.6. The van der Waals surface area contributed by atoms with E-state index in [2.05, 4.69) is 10.3 Å². The molecule has 0 aliphatic rings. The third-order valence-electron chi connectivity index (χ3n) is 3.13. The zero-order valence-electron chi connectivity index (χ0n) is 11.1. The van der Waals surface area contributed by atoms with Gasteiger partial charge in [-0.3, -0.25) is 4.98 Å². The second-order valence-electron chi connectivity index (χ2n) is 4.59. The van der Waals surface area contributed by atoms with Crippen molar-refractivity contribution in [2.45, 2.75) is 19.1 Å². The summed E-state index contributed by atoms with van der Waals surface area (Å²) in [7, 11) is 0. The topological polar surface area (TPSA) is 45.1 Å². The van der Waals surface area contributed by atoms with Crippen LogP contribution in [0.15, 0.2) is 42.7 Å². The van der Waals surface area contributed by atoms with Crippen molar-refractivity contribution in [2.24, 2.45) is 0 Å². The average Bonchev–Trinajstić information content (AvgIpc) is 2.47. The highest BCUT2D eigenvalue weighted by atomic mass is 35.5. The maximum absolute atomic E-state index is 10.1. The van der Waals surface area contributed by atoms with Crippen LogP contribution in [-0.2, 0) is 0 Å². The van der Waals surface area contributed by atoms with Gasteiger partial charge < -0.3 is 10.4 Å². The molecule has 20 heavy (non-hydrogen) atoms. The van der Waals surface area contributed by atoms with Gasteiger partial charge in [0.2, 0.25) is 0 Å². The molecule has 0 amide bonds. The molecule has 0 saturated carbocycles. The first kappa shape index (κ1) is 15.3. The Bertz CT molecular complexity index is 563. The van der Waals surface area contributed by atoms with Crippen molar-refractivity contribution in [1.29, 1.82) is 0 Å². The van der Waals surface area contributed by atoms with Crippen LogP contribution in [-0.4, -0.2) is 16.6 Å². The lowest BCUT2D eigenvalue weighted by Gasteiger charge is -2.19. The molecule has 0 spiro atoms. The minimum atomic E-state index is -0.585. The molecule has 0 fully saturated rings. The molecule has 1 heterocycles. The van der Waals surface area contributed by atoms with Crippen LogP contribution in [0.5, 0.6) is 0 Å². The Balaban J connectivity index is 1.98. The molecule has 1 aromatic heterocycles. The molecule has 2 rings (SSSR count). The van der Waals surface area contributed by atoms with Crippen molar-refractivity contribution in [1.82, 2.24) is 10.3 Å². The van der Waals surface area contributed by atoms with E-state index < -0.39 is 6.10 Å². The van der Waals surface area contributed by atoms with Crippen LogP contribution in [0, 0.1) is 0 Å². The monoisotopic (exact) mass is 310 g/mol. The molecule has 2 unspecified atom stereocenters. The number of pyridine rings is 1. The molecule has 0 saturated heterocycles. The van der Waals surface area contributed by atoms with Gasteiger partial charge in [-0.2, -0.15) is 0 Å². The molecule has 2 N–H and O–H groups in total. The molecule has 3 nitrogen and oxygen atoms in total. The number of aliphatic hydroxyl groups is 1. The lowest BCUT2D eigenvalue weighted by Crippen LogP contribution is -2.24. The van der Waals surface area contributed by atoms with Crippen LogP contribution in [0.4, 0.5) is 0 Å². The number of benzene rings is 1. The summed E-state index contributed by atoms with van der Waals surface area (Å²) in [6.07, 6.45) is 2.74. The van der Waals surface area contributed by atoms with Crippen molar-refractivity contribution in [3.05, 3.63) is 63.9 Å². The highest BCUT2D eigenvalue weighted by molar-refractivity contribution is 6.33. The molecular weight excluding hydrogens is 295 g/mol. The second-order valence-corrected chi connectivity index (χ2v) is 5.44. The summed E-state index contributed by atoms with van der Waals surface area (Å²) < 4.78 is 0. The molecule has 0 aliphatic heterocycles. The molecule has 5 heteroatoms. The standard InChI is InChI=1S/C15H16Cl2N2O/c1-10(13-8-12(16)2-3-14(13)17)19-9-15(20)11-4-6-18-7-5-11/h2-8,10,15,19-20H,9H2,1H3. The SMILES string of the molecule is CC(NCC(O)c1ccncc1)c1cc(Cl)ccc1Cl. The molecular formula is C15H16Cl2N2O. The second kappa shape index (κ2) is 7.04. The predicted molar refractivity (Wildman–Crippen MR) is 82.1 cm³/mol. The van der Waals surface area contributed by atoms with E-state index in [1.807, 2.05) is 13.0 Å². The molecule has 0 aliphatic carbocycles. The first-order chi connectivity index (χ1) is 9.58. The maximum Gasteiger partial charge on any atom is 0.0915 e. The predicted octanol–water partition coefficient (Wildman–Crippen LogP) is 3.77. The van der Waals surface area contributed by atoms with Crippen LogP contribution in [0.1, 0.15) is 30.2 Å². The Labute approximate surface area is 128 Å². The molecule has 2 aromatic rings. The Kier molecular flexibility index (Phi) is 5.38. The van der Waals surface area contributed by atoms with Crippen LogP contribution < -0.4 is 5.32 Å². The molecule has 0 radical (unpaired) electrons. The van der Waals surface area contributed by atoms with Gasteiger partial charge in [0.1, 0.15) is 0 Å². The Morgan fingerprint density at radius 2 is 1.90 bits per heavy atom. The molecule has 0 bridgehead atoms. The minimum Gasteiger partial charge on any atom is -0.387 e. The quantitative estimate of drug-likeness (QED) is 0.883. The summed E-state index contributed by atoms with van der Waals surface area (Å²) in [4.78, 5) is 3.93. The summed E-state index contributed by atoms with van der Waals surface area (Å²) in [6, 6.07) is 8.95. The van der Waals surface area contributed by atoms with Crippen molar-refractivity contribution >= 4 is 23.2 Å². The van der Waals surface area contributed by atoms with Crippen LogP contribution >= 0.6 is 23.2 Å². The first-order valence-corrected chi connectivity index (χ1v) is 7.10. The largest absolute Gasteiger partial charge is 0.387 e. The van der Waals surface area contributed by atoms with Gasteiger partial charge in [0, 0.05) is 35.0 Å². The van der Waals surface area contributed by atoms with Crippen molar-refractivity contribution in [3.63, 3.8) is 0 Å². The third kappa shape index (κ3) is 3.93. The minimum absolute atomic E-state index is 0.00214. The Morgan fingerprint density at radius 1 is 1.20 bits per heavy atom. The van der Waals surface area contributed by atoms with E-state index in [1.54, 1.807) is 36.7 Å². The fraction of sp³-hybridized carbons (Fsp3) is 0.267. The fourth-order valence-electron chi connectivity index (χ4n) is 1.95. The smallest absolute Gasteiger partial charge is 0.0915 e. The van der Waals surface area contributed by atoms with Gasteiger partial charge in [-0.15, -0.1) is 0 Å². The maximum atomic E-state index is 10.1. The highest BCUT2D eigenvalue weighted by Crippen LogP contribution is 2.26. The summed E-state index contributed by atoms with van der Waals surface area (Å²) in [5.41, 5.74) is 1.75. The van der Waals surface area contributed by atoms with Crippen LogP contribution in [0.25, 0.3) is 0 Å². The zero-order chi connectivity index (χ0) is 14.5. The number of aromatic nitrogens is 1. The van der Waals surface area contributed by atoms with E-state index in [0.29, 0.717) is 16.6 Å². The van der Waals surface area contributed by atoms with Gasteiger partial charge in [-0.1, -0.05) is 23.2 Å². The number of hydrogen-bond donors (Lipinski definition) is 2. The van der Waals surface area contributed by atoms with Crippen LogP contribution in [0.3, 0.4) is 0 Å². The summed E-state index contributed by atoms with van der Waals surface area (Å²) in [5.74, 6) is 0. The Hall–Kier alpha value is -1.13. The first-order valence-electron chi connectivity index (χ1n) is 6.34. The lowest BCUT2D eigenvalue weighted by atomic mass is 10.1. The van der Waals surface area contributed by atoms with Gasteiger partial charge in [-0.05, 0) is 48.4 Å². The van der Waals surface area contributed by atoms with Gasteiger partial charge in [0.25, 0.3) is 0 Å². The molecule has 2 atom stereocenters. The van der Waals surface area contributed by atoms with Crippen molar-refractivity contribution in [2.75, 3.05) is 6.54 Å². The summed E-state index contributed by atoms with van der Waals surface area (Å²) >= 11 is 12.1. The van der Waals surface area contributed by atoms with E-state index >= 15 is 0 Å². The van der Waals surface area contributed by atoms with E-state index in [1.165, 1.54) is 0 Å². The summed E-state index contributed by atoms with van der Waals surface area (Å²) in [6.45, 7) is 2.41. The van der Waals surface area contributed by atoms with Gasteiger partial charge >= 0.3 is 0 Å². The Morgan fingerprint density at radius 3 is 2.60 bits per heavy atom. The number of nitrogens with one attached hydrogen (secondary N) is 1. The molecule has 1 aromatic carbocycles. The fourth-order valence-corrected chi connectivity index (χ4v) is 2.41. The van der Waals surface area contributed by atoms with E-state index in [4.69, 9.17) is 23.2 Å². The van der Waals surface area contributed by atoms with E-state index in [0.717, 1.165) is 11.1 Å². The number of rotatable bonds is 5. The number of aliphatic hydroxyl groups excluding tert-OH is 1. The van der Waals surface area contributed by atoms with Crippen molar-refractivity contribution < 1.29 is 5.11 Å². The number of nitrogens with zero attached hydrogens (tertiary/aromatic N) is 1. The lowest BCUT2D eigenvalue weighted by molar-refractivity contribution is 0.170. The zero-order valence-corrected chi connectivity index (χ0v) is 12.6.